The Morgan fingerprint density at radius 1 is 1.19 bits per heavy atom. The second-order valence-corrected chi connectivity index (χ2v) is 8.48. The molecule has 0 spiro atoms. The number of thiophene rings is 1. The van der Waals surface area contributed by atoms with E-state index in [9.17, 15) is 9.90 Å². The van der Waals surface area contributed by atoms with Gasteiger partial charge in [0.25, 0.3) is 0 Å². The number of amides is 1. The lowest BCUT2D eigenvalue weighted by Crippen LogP contribution is -2.43. The molecular weight excluding hydrogens is 366 g/mol. The molecule has 1 atom stereocenters. The van der Waals surface area contributed by atoms with Crippen molar-refractivity contribution in [2.45, 2.75) is 49.9 Å². The van der Waals surface area contributed by atoms with Crippen LogP contribution >= 0.6 is 22.9 Å². The molecule has 2 aromatic rings. The van der Waals surface area contributed by atoms with Crippen LogP contribution in [0.3, 0.4) is 0 Å². The fourth-order valence-corrected chi connectivity index (χ4v) is 5.06. The number of rotatable bonds is 8. The minimum atomic E-state index is -0.417. The van der Waals surface area contributed by atoms with E-state index in [1.165, 1.54) is 4.88 Å². The van der Waals surface area contributed by atoms with Gasteiger partial charge in [0.1, 0.15) is 0 Å². The Morgan fingerprint density at radius 2 is 1.92 bits per heavy atom. The third-order valence-electron chi connectivity index (χ3n) is 5.49. The quantitative estimate of drug-likeness (QED) is 0.673. The molecule has 140 valence electrons. The zero-order valence-electron chi connectivity index (χ0n) is 14.9. The van der Waals surface area contributed by atoms with Crippen molar-refractivity contribution < 1.29 is 9.90 Å². The standard InChI is InChI=1S/C21H26ClNO2S/c22-18-7-5-17(6-8-18)21(11-1-2-12-21)20(25)23-13-9-16(10-14-24)19-4-3-15-26-19/h3-8,15-16,24H,1-2,9-14H2,(H,23,25)/t16-/m1/s1. The predicted octanol–water partition coefficient (Wildman–Crippen LogP) is 4.89. The first-order chi connectivity index (χ1) is 12.7. The van der Waals surface area contributed by atoms with Gasteiger partial charge in [0.15, 0.2) is 0 Å². The minimum Gasteiger partial charge on any atom is -0.396 e. The highest BCUT2D eigenvalue weighted by Crippen LogP contribution is 2.41. The number of carbonyl (C=O) groups is 1. The predicted molar refractivity (Wildman–Crippen MR) is 108 cm³/mol. The summed E-state index contributed by atoms with van der Waals surface area (Å²) in [7, 11) is 0. The maximum Gasteiger partial charge on any atom is 0.230 e. The van der Waals surface area contributed by atoms with Gasteiger partial charge in [0, 0.05) is 23.1 Å². The van der Waals surface area contributed by atoms with Gasteiger partial charge >= 0.3 is 0 Å². The number of halogens is 1. The zero-order chi connectivity index (χ0) is 18.4. The molecule has 1 aromatic carbocycles. The summed E-state index contributed by atoms with van der Waals surface area (Å²) in [5.41, 5.74) is 0.655. The topological polar surface area (TPSA) is 49.3 Å². The van der Waals surface area contributed by atoms with Crippen molar-refractivity contribution >= 4 is 28.8 Å². The highest BCUT2D eigenvalue weighted by molar-refractivity contribution is 7.10. The van der Waals surface area contributed by atoms with Crippen LogP contribution in [-0.2, 0) is 10.2 Å². The molecule has 0 radical (unpaired) electrons. The van der Waals surface area contributed by atoms with Crippen molar-refractivity contribution in [1.29, 1.82) is 0 Å². The van der Waals surface area contributed by atoms with Crippen LogP contribution in [0.2, 0.25) is 5.02 Å². The van der Waals surface area contributed by atoms with Crippen molar-refractivity contribution in [1.82, 2.24) is 5.32 Å². The number of nitrogens with one attached hydrogen (secondary N) is 1. The summed E-state index contributed by atoms with van der Waals surface area (Å²) >= 11 is 7.74. The van der Waals surface area contributed by atoms with E-state index in [-0.39, 0.29) is 12.5 Å². The molecule has 26 heavy (non-hydrogen) atoms. The van der Waals surface area contributed by atoms with E-state index in [1.54, 1.807) is 11.3 Å². The average molecular weight is 392 g/mol. The lowest BCUT2D eigenvalue weighted by molar-refractivity contribution is -0.126. The normalized spacial score (nSPS) is 17.2. The van der Waals surface area contributed by atoms with Gasteiger partial charge in [0.2, 0.25) is 5.91 Å². The Kier molecular flexibility index (Phi) is 6.74. The molecule has 1 aliphatic rings. The Morgan fingerprint density at radius 3 is 2.54 bits per heavy atom. The van der Waals surface area contributed by atoms with Gasteiger partial charge in [-0.25, -0.2) is 0 Å². The Bertz CT molecular complexity index is 693. The van der Waals surface area contributed by atoms with Crippen LogP contribution in [0.1, 0.15) is 54.9 Å². The number of hydrogen-bond donors (Lipinski definition) is 2. The van der Waals surface area contributed by atoms with Gasteiger partial charge in [-0.05, 0) is 60.7 Å². The van der Waals surface area contributed by atoms with Crippen molar-refractivity contribution in [3.8, 4) is 0 Å². The SMILES string of the molecule is O=C(NCC[C@H](CCO)c1cccs1)C1(c2ccc(Cl)cc2)CCCC1. The van der Waals surface area contributed by atoms with E-state index in [2.05, 4.69) is 16.8 Å². The molecule has 1 aromatic heterocycles. The summed E-state index contributed by atoms with van der Waals surface area (Å²) in [5.74, 6) is 0.432. The van der Waals surface area contributed by atoms with Gasteiger partial charge in [-0.15, -0.1) is 11.3 Å². The Hall–Kier alpha value is -1.36. The Balaban J connectivity index is 1.64. The highest BCUT2D eigenvalue weighted by Gasteiger charge is 2.42. The van der Waals surface area contributed by atoms with Crippen molar-refractivity contribution in [3.05, 3.63) is 57.2 Å². The van der Waals surface area contributed by atoms with E-state index >= 15 is 0 Å². The first-order valence-electron chi connectivity index (χ1n) is 9.34. The second-order valence-electron chi connectivity index (χ2n) is 7.07. The molecule has 1 aliphatic carbocycles. The van der Waals surface area contributed by atoms with Crippen molar-refractivity contribution in [2.75, 3.05) is 13.2 Å². The summed E-state index contributed by atoms with van der Waals surface area (Å²) in [6, 6.07) is 11.9. The van der Waals surface area contributed by atoms with Crippen LogP contribution in [0.5, 0.6) is 0 Å². The van der Waals surface area contributed by atoms with Crippen LogP contribution in [0, 0.1) is 0 Å². The molecule has 0 aliphatic heterocycles. The smallest absolute Gasteiger partial charge is 0.230 e. The molecule has 0 bridgehead atoms. The highest BCUT2D eigenvalue weighted by atomic mass is 35.5. The van der Waals surface area contributed by atoms with Gasteiger partial charge in [0.05, 0.1) is 5.41 Å². The molecule has 1 amide bonds. The fourth-order valence-electron chi connectivity index (χ4n) is 4.03. The molecular formula is C21H26ClNO2S. The molecule has 3 rings (SSSR count). The van der Waals surface area contributed by atoms with Crippen LogP contribution < -0.4 is 5.32 Å². The molecule has 0 unspecified atom stereocenters. The fraction of sp³-hybridized carbons (Fsp3) is 0.476. The summed E-state index contributed by atoms with van der Waals surface area (Å²) in [5, 5.41) is 15.3. The number of aliphatic hydroxyl groups is 1. The van der Waals surface area contributed by atoms with E-state index in [0.717, 1.165) is 44.1 Å². The first kappa shape index (κ1) is 19.4. The third kappa shape index (κ3) is 4.30. The monoisotopic (exact) mass is 391 g/mol. The molecule has 5 heteroatoms. The molecule has 2 N–H and O–H groups in total. The third-order valence-corrected chi connectivity index (χ3v) is 6.78. The van der Waals surface area contributed by atoms with Gasteiger partial charge in [-0.2, -0.15) is 0 Å². The first-order valence-corrected chi connectivity index (χ1v) is 10.6. The number of carbonyl (C=O) groups excluding carboxylic acids is 1. The molecule has 3 nitrogen and oxygen atoms in total. The molecule has 0 saturated heterocycles. The second kappa shape index (κ2) is 9.03. The lowest BCUT2D eigenvalue weighted by Gasteiger charge is -2.29. The maximum atomic E-state index is 13.1. The van der Waals surface area contributed by atoms with E-state index in [1.807, 2.05) is 30.3 Å². The molecule has 1 saturated carbocycles. The molecule has 1 heterocycles. The number of hydrogen-bond acceptors (Lipinski definition) is 3. The average Bonchev–Trinajstić information content (AvgIpc) is 3.34. The van der Waals surface area contributed by atoms with Crippen LogP contribution in [0.25, 0.3) is 0 Å². The Labute approximate surface area is 164 Å². The van der Waals surface area contributed by atoms with Gasteiger partial charge < -0.3 is 10.4 Å². The van der Waals surface area contributed by atoms with E-state index < -0.39 is 5.41 Å². The summed E-state index contributed by atoms with van der Waals surface area (Å²) in [6.45, 7) is 0.808. The van der Waals surface area contributed by atoms with Gasteiger partial charge in [-0.1, -0.05) is 42.6 Å². The van der Waals surface area contributed by atoms with Crippen molar-refractivity contribution in [2.24, 2.45) is 0 Å². The summed E-state index contributed by atoms with van der Waals surface area (Å²) < 4.78 is 0. The van der Waals surface area contributed by atoms with Gasteiger partial charge in [-0.3, -0.25) is 4.79 Å². The summed E-state index contributed by atoms with van der Waals surface area (Å²) in [4.78, 5) is 14.4. The van der Waals surface area contributed by atoms with Crippen LogP contribution in [-0.4, -0.2) is 24.2 Å². The lowest BCUT2D eigenvalue weighted by atomic mass is 9.78. The summed E-state index contributed by atoms with van der Waals surface area (Å²) in [6.07, 6.45) is 5.54. The van der Waals surface area contributed by atoms with E-state index in [4.69, 9.17) is 11.6 Å². The van der Waals surface area contributed by atoms with Crippen LogP contribution in [0.4, 0.5) is 0 Å². The number of aliphatic hydroxyl groups excluding tert-OH is 1. The largest absolute Gasteiger partial charge is 0.396 e. The zero-order valence-corrected chi connectivity index (χ0v) is 16.5. The minimum absolute atomic E-state index is 0.131. The maximum absolute atomic E-state index is 13.1. The molecule has 1 fully saturated rings. The van der Waals surface area contributed by atoms with E-state index in [0.29, 0.717) is 17.5 Å². The van der Waals surface area contributed by atoms with Crippen LogP contribution in [0.15, 0.2) is 41.8 Å². The number of benzene rings is 1. The van der Waals surface area contributed by atoms with Crippen molar-refractivity contribution in [3.63, 3.8) is 0 Å².